The SMILES string of the molecule is O=C(Nc1ncc(C2CCNCC2)s1)c1ccccc1F. The highest BCUT2D eigenvalue weighted by Crippen LogP contribution is 2.31. The number of hydrogen-bond donors (Lipinski definition) is 2. The predicted octanol–water partition coefficient (Wildman–Crippen LogP) is 3.00. The van der Waals surface area contributed by atoms with Crippen molar-refractivity contribution in [2.45, 2.75) is 18.8 Å². The van der Waals surface area contributed by atoms with Gasteiger partial charge in [0, 0.05) is 11.1 Å². The molecule has 3 rings (SSSR count). The van der Waals surface area contributed by atoms with Crippen LogP contribution in [0.1, 0.15) is 34.0 Å². The third kappa shape index (κ3) is 3.28. The van der Waals surface area contributed by atoms with E-state index in [9.17, 15) is 9.18 Å². The molecule has 0 bridgehead atoms. The molecule has 2 heterocycles. The van der Waals surface area contributed by atoms with Crippen molar-refractivity contribution in [2.24, 2.45) is 0 Å². The molecule has 0 radical (unpaired) electrons. The number of anilines is 1. The molecule has 110 valence electrons. The van der Waals surface area contributed by atoms with Gasteiger partial charge in [-0.3, -0.25) is 10.1 Å². The summed E-state index contributed by atoms with van der Waals surface area (Å²) in [5, 5.41) is 6.52. The molecule has 2 aromatic rings. The first-order valence-electron chi connectivity index (χ1n) is 6.96. The number of carbonyl (C=O) groups is 1. The summed E-state index contributed by atoms with van der Waals surface area (Å²) >= 11 is 1.47. The van der Waals surface area contributed by atoms with Crippen LogP contribution in [-0.4, -0.2) is 24.0 Å². The fraction of sp³-hybridized carbons (Fsp3) is 0.333. The Labute approximate surface area is 126 Å². The van der Waals surface area contributed by atoms with Crippen molar-refractivity contribution in [2.75, 3.05) is 18.4 Å². The maximum atomic E-state index is 13.6. The summed E-state index contributed by atoms with van der Waals surface area (Å²) in [7, 11) is 0. The van der Waals surface area contributed by atoms with Gasteiger partial charge in [-0.2, -0.15) is 0 Å². The molecule has 1 aliphatic heterocycles. The van der Waals surface area contributed by atoms with E-state index < -0.39 is 11.7 Å². The van der Waals surface area contributed by atoms with E-state index in [1.807, 2.05) is 6.20 Å². The van der Waals surface area contributed by atoms with Crippen LogP contribution in [0.4, 0.5) is 9.52 Å². The number of halogens is 1. The van der Waals surface area contributed by atoms with E-state index in [0.29, 0.717) is 11.0 Å². The zero-order valence-corrected chi connectivity index (χ0v) is 12.3. The van der Waals surface area contributed by atoms with E-state index in [1.54, 1.807) is 12.1 Å². The van der Waals surface area contributed by atoms with Gasteiger partial charge in [-0.1, -0.05) is 12.1 Å². The largest absolute Gasteiger partial charge is 0.317 e. The van der Waals surface area contributed by atoms with Crippen LogP contribution in [0, 0.1) is 5.82 Å². The molecule has 1 saturated heterocycles. The number of piperidine rings is 1. The summed E-state index contributed by atoms with van der Waals surface area (Å²) < 4.78 is 13.6. The average molecular weight is 305 g/mol. The molecule has 0 spiro atoms. The van der Waals surface area contributed by atoms with E-state index in [2.05, 4.69) is 15.6 Å². The molecule has 0 saturated carbocycles. The number of aromatic nitrogens is 1. The van der Waals surface area contributed by atoms with Gasteiger partial charge in [0.25, 0.3) is 5.91 Å². The molecule has 0 atom stereocenters. The van der Waals surface area contributed by atoms with E-state index >= 15 is 0 Å². The number of hydrogen-bond acceptors (Lipinski definition) is 4. The van der Waals surface area contributed by atoms with Crippen molar-refractivity contribution in [3.8, 4) is 0 Å². The molecule has 21 heavy (non-hydrogen) atoms. The zero-order chi connectivity index (χ0) is 14.7. The van der Waals surface area contributed by atoms with Crippen molar-refractivity contribution < 1.29 is 9.18 Å². The van der Waals surface area contributed by atoms with Gasteiger partial charge in [0.15, 0.2) is 5.13 Å². The van der Waals surface area contributed by atoms with Gasteiger partial charge in [-0.15, -0.1) is 11.3 Å². The quantitative estimate of drug-likeness (QED) is 0.916. The van der Waals surface area contributed by atoms with Gasteiger partial charge < -0.3 is 5.32 Å². The minimum atomic E-state index is -0.523. The Balaban J connectivity index is 1.69. The van der Waals surface area contributed by atoms with Gasteiger partial charge in [0.2, 0.25) is 0 Å². The lowest BCUT2D eigenvalue weighted by Gasteiger charge is -2.20. The fourth-order valence-electron chi connectivity index (χ4n) is 2.45. The minimum Gasteiger partial charge on any atom is -0.317 e. The summed E-state index contributed by atoms with van der Waals surface area (Å²) in [4.78, 5) is 17.4. The van der Waals surface area contributed by atoms with Crippen LogP contribution < -0.4 is 10.6 Å². The average Bonchev–Trinajstić information content (AvgIpc) is 2.97. The van der Waals surface area contributed by atoms with Gasteiger partial charge in [-0.25, -0.2) is 9.37 Å². The topological polar surface area (TPSA) is 54.0 Å². The lowest BCUT2D eigenvalue weighted by Crippen LogP contribution is -2.26. The highest BCUT2D eigenvalue weighted by Gasteiger charge is 2.19. The van der Waals surface area contributed by atoms with E-state index in [4.69, 9.17) is 0 Å². The first-order chi connectivity index (χ1) is 10.2. The van der Waals surface area contributed by atoms with Gasteiger partial charge in [0.05, 0.1) is 5.56 Å². The van der Waals surface area contributed by atoms with Crippen molar-refractivity contribution in [3.05, 3.63) is 46.7 Å². The van der Waals surface area contributed by atoms with Gasteiger partial charge in [-0.05, 0) is 44.0 Å². The van der Waals surface area contributed by atoms with Crippen molar-refractivity contribution in [3.63, 3.8) is 0 Å². The third-order valence-corrected chi connectivity index (χ3v) is 4.68. The molecule has 2 N–H and O–H groups in total. The Bertz CT molecular complexity index is 637. The van der Waals surface area contributed by atoms with Crippen LogP contribution in [0.3, 0.4) is 0 Å². The molecule has 0 aliphatic carbocycles. The summed E-state index contributed by atoms with van der Waals surface area (Å²) in [6.45, 7) is 2.03. The van der Waals surface area contributed by atoms with Crippen LogP contribution in [0.5, 0.6) is 0 Å². The standard InChI is InChI=1S/C15H16FN3OS/c16-12-4-2-1-3-11(12)14(20)19-15-18-9-13(21-15)10-5-7-17-8-6-10/h1-4,9-10,17H,5-8H2,(H,18,19,20). The Morgan fingerprint density at radius 2 is 2.10 bits per heavy atom. The maximum Gasteiger partial charge on any atom is 0.260 e. The molecule has 1 aromatic heterocycles. The lowest BCUT2D eigenvalue weighted by atomic mass is 9.97. The number of carbonyl (C=O) groups excluding carboxylic acids is 1. The maximum absolute atomic E-state index is 13.6. The summed E-state index contributed by atoms with van der Waals surface area (Å²) in [6.07, 6.45) is 3.99. The van der Waals surface area contributed by atoms with E-state index in [0.717, 1.165) is 25.9 Å². The second-order valence-corrected chi connectivity index (χ2v) is 6.09. The normalized spacial score (nSPS) is 15.9. The highest BCUT2D eigenvalue weighted by atomic mass is 32.1. The van der Waals surface area contributed by atoms with E-state index in [1.165, 1.54) is 28.3 Å². The number of rotatable bonds is 3. The monoisotopic (exact) mass is 305 g/mol. The Morgan fingerprint density at radius 1 is 1.33 bits per heavy atom. The summed E-state index contributed by atoms with van der Waals surface area (Å²) in [5.74, 6) is -0.479. The Hall–Kier alpha value is -1.79. The first-order valence-corrected chi connectivity index (χ1v) is 7.78. The number of benzene rings is 1. The Kier molecular flexibility index (Phi) is 4.26. The summed E-state index contributed by atoms with van der Waals surface area (Å²) in [5.41, 5.74) is 0.0381. The highest BCUT2D eigenvalue weighted by molar-refractivity contribution is 7.15. The first kappa shape index (κ1) is 14.2. The predicted molar refractivity (Wildman–Crippen MR) is 81.3 cm³/mol. The number of nitrogens with zero attached hydrogens (tertiary/aromatic N) is 1. The third-order valence-electron chi connectivity index (χ3n) is 3.60. The van der Waals surface area contributed by atoms with Crippen LogP contribution >= 0.6 is 11.3 Å². The van der Waals surface area contributed by atoms with Gasteiger partial charge >= 0.3 is 0 Å². The molecule has 1 aliphatic rings. The molecule has 1 amide bonds. The van der Waals surface area contributed by atoms with Crippen molar-refractivity contribution in [1.29, 1.82) is 0 Å². The van der Waals surface area contributed by atoms with Crippen LogP contribution in [0.25, 0.3) is 0 Å². The number of thiazole rings is 1. The minimum absolute atomic E-state index is 0.0381. The van der Waals surface area contributed by atoms with E-state index in [-0.39, 0.29) is 5.56 Å². The van der Waals surface area contributed by atoms with Crippen LogP contribution in [-0.2, 0) is 0 Å². The van der Waals surface area contributed by atoms with Crippen molar-refractivity contribution in [1.82, 2.24) is 10.3 Å². The second kappa shape index (κ2) is 6.32. The van der Waals surface area contributed by atoms with Crippen LogP contribution in [0.15, 0.2) is 30.5 Å². The van der Waals surface area contributed by atoms with Gasteiger partial charge in [0.1, 0.15) is 5.82 Å². The number of nitrogens with one attached hydrogen (secondary N) is 2. The van der Waals surface area contributed by atoms with Crippen molar-refractivity contribution >= 4 is 22.4 Å². The summed E-state index contributed by atoms with van der Waals surface area (Å²) in [6, 6.07) is 5.94. The molecule has 1 fully saturated rings. The Morgan fingerprint density at radius 3 is 2.86 bits per heavy atom. The molecule has 6 heteroatoms. The molecule has 1 aromatic carbocycles. The lowest BCUT2D eigenvalue weighted by molar-refractivity contribution is 0.102. The molecular formula is C15H16FN3OS. The van der Waals surface area contributed by atoms with Crippen LogP contribution in [0.2, 0.25) is 0 Å². The zero-order valence-electron chi connectivity index (χ0n) is 11.4. The number of amides is 1. The second-order valence-electron chi connectivity index (χ2n) is 5.03. The molecular weight excluding hydrogens is 289 g/mol. The fourth-order valence-corrected chi connectivity index (χ4v) is 3.43. The smallest absolute Gasteiger partial charge is 0.260 e. The molecule has 4 nitrogen and oxygen atoms in total. The molecule has 0 unspecified atom stereocenters.